The standard InChI is InChI=1S/C19H33BN2O4S/c1-10-15(21-27(24)17(2,3)4)13-11-16(23)22(9)12-14(13)20-25-18(5,6)19(7,8)26-20/h11-12,15,21H,10H2,1-9H3/t15-,27?/m0/s1. The van der Waals surface area contributed by atoms with Crippen LogP contribution in [-0.4, -0.2) is 32.2 Å². The van der Waals surface area contributed by atoms with Crippen molar-refractivity contribution in [2.45, 2.75) is 83.8 Å². The molecule has 2 rings (SSSR count). The molecule has 2 atom stereocenters. The predicted molar refractivity (Wildman–Crippen MR) is 111 cm³/mol. The summed E-state index contributed by atoms with van der Waals surface area (Å²) in [6.07, 6.45) is 2.45. The molecule has 0 bridgehead atoms. The first-order chi connectivity index (χ1) is 12.2. The molecule has 8 heteroatoms. The van der Waals surface area contributed by atoms with Crippen molar-refractivity contribution in [3.05, 3.63) is 28.2 Å². The van der Waals surface area contributed by atoms with Gasteiger partial charge in [-0.3, -0.25) is 4.79 Å². The van der Waals surface area contributed by atoms with Crippen LogP contribution < -0.4 is 15.7 Å². The van der Waals surface area contributed by atoms with Crippen LogP contribution in [0.5, 0.6) is 0 Å². The third-order valence-electron chi connectivity index (χ3n) is 5.39. The van der Waals surface area contributed by atoms with Crippen molar-refractivity contribution >= 4 is 23.9 Å². The van der Waals surface area contributed by atoms with Gasteiger partial charge in [0, 0.05) is 36.1 Å². The van der Waals surface area contributed by atoms with Gasteiger partial charge in [-0.2, -0.15) is 0 Å². The van der Waals surface area contributed by atoms with E-state index in [2.05, 4.69) is 4.72 Å². The summed E-state index contributed by atoms with van der Waals surface area (Å²) in [5.41, 5.74) is 0.491. The monoisotopic (exact) mass is 396 g/mol. The number of hydrogen-bond acceptors (Lipinski definition) is 5. The average Bonchev–Trinajstić information content (AvgIpc) is 2.74. The summed E-state index contributed by atoms with van der Waals surface area (Å²) in [6, 6.07) is 1.36. The normalized spacial score (nSPS) is 21.3. The first-order valence-corrected chi connectivity index (χ1v) is 10.6. The number of aromatic nitrogens is 1. The zero-order chi connectivity index (χ0) is 20.8. The highest BCUT2D eigenvalue weighted by atomic mass is 32.2. The van der Waals surface area contributed by atoms with Crippen LogP contribution in [0, 0.1) is 0 Å². The summed E-state index contributed by atoms with van der Waals surface area (Å²) in [5, 5.41) is 0. The molecular weight excluding hydrogens is 363 g/mol. The zero-order valence-electron chi connectivity index (χ0n) is 18.0. The van der Waals surface area contributed by atoms with Gasteiger partial charge in [0.2, 0.25) is 0 Å². The topological polar surface area (TPSA) is 75.5 Å². The van der Waals surface area contributed by atoms with Crippen LogP contribution in [0.2, 0.25) is 0 Å². The number of pyridine rings is 1. The molecule has 0 aromatic carbocycles. The molecule has 1 aliphatic heterocycles. The lowest BCUT2D eigenvalue weighted by Gasteiger charge is -2.32. The van der Waals surface area contributed by atoms with E-state index in [1.54, 1.807) is 19.3 Å². The molecule has 0 amide bonds. The summed E-state index contributed by atoms with van der Waals surface area (Å²) in [6.45, 7) is 15.8. The van der Waals surface area contributed by atoms with E-state index in [1.807, 2.05) is 55.4 Å². The molecule has 1 fully saturated rings. The fraction of sp³-hybridized carbons (Fsp3) is 0.737. The second-order valence-electron chi connectivity index (χ2n) is 9.18. The zero-order valence-corrected chi connectivity index (χ0v) is 18.8. The van der Waals surface area contributed by atoms with Crippen LogP contribution in [0.3, 0.4) is 0 Å². The lowest BCUT2D eigenvalue weighted by atomic mass is 9.75. The van der Waals surface area contributed by atoms with Gasteiger partial charge in [-0.15, -0.1) is 4.72 Å². The van der Waals surface area contributed by atoms with Gasteiger partial charge in [0.05, 0.1) is 17.2 Å². The van der Waals surface area contributed by atoms with Crippen LogP contribution in [0.15, 0.2) is 17.1 Å². The summed E-state index contributed by atoms with van der Waals surface area (Å²) in [7, 11) is 1.12. The van der Waals surface area contributed by atoms with Crippen LogP contribution in [0.25, 0.3) is 0 Å². The Hall–Kier alpha value is -0.795. The van der Waals surface area contributed by atoms with Crippen LogP contribution in [-0.2, 0) is 27.7 Å². The maximum atomic E-state index is 12.7. The van der Waals surface area contributed by atoms with Crippen molar-refractivity contribution in [1.82, 2.24) is 9.29 Å². The molecule has 1 aromatic heterocycles. The Balaban J connectivity index is 2.48. The van der Waals surface area contributed by atoms with E-state index in [0.29, 0.717) is 6.42 Å². The Morgan fingerprint density at radius 1 is 1.26 bits per heavy atom. The Bertz CT molecular complexity index is 726. The van der Waals surface area contributed by atoms with E-state index in [9.17, 15) is 9.35 Å². The average molecular weight is 396 g/mol. The van der Waals surface area contributed by atoms with E-state index in [0.717, 1.165) is 11.0 Å². The number of nitrogens with zero attached hydrogens (tertiary/aromatic N) is 1. The molecule has 152 valence electrons. The van der Waals surface area contributed by atoms with Gasteiger partial charge in [-0.1, -0.05) is 6.92 Å². The van der Waals surface area contributed by atoms with E-state index >= 15 is 0 Å². The molecule has 2 heterocycles. The van der Waals surface area contributed by atoms with Gasteiger partial charge in [-0.25, -0.2) is 0 Å². The lowest BCUT2D eigenvalue weighted by molar-refractivity contribution is 0.00578. The van der Waals surface area contributed by atoms with Gasteiger partial charge in [-0.05, 0) is 60.5 Å². The van der Waals surface area contributed by atoms with E-state index in [4.69, 9.17) is 9.31 Å². The summed E-state index contributed by atoms with van der Waals surface area (Å²) in [4.78, 5) is 12.3. The molecule has 0 saturated carbocycles. The molecule has 1 saturated heterocycles. The summed E-state index contributed by atoms with van der Waals surface area (Å²) < 4.78 is 29.4. The number of aryl methyl sites for hydroxylation is 1. The lowest BCUT2D eigenvalue weighted by Crippen LogP contribution is -2.46. The second-order valence-corrected chi connectivity index (χ2v) is 11.2. The van der Waals surface area contributed by atoms with E-state index in [-0.39, 0.29) is 11.6 Å². The van der Waals surface area contributed by atoms with Crippen molar-refractivity contribution in [2.75, 3.05) is 0 Å². The van der Waals surface area contributed by atoms with Gasteiger partial charge in [0.25, 0.3) is 5.56 Å². The Kier molecular flexibility index (Phi) is 6.30. The molecule has 0 aliphatic carbocycles. The minimum Gasteiger partial charge on any atom is -0.598 e. The minimum absolute atomic E-state index is 0.118. The van der Waals surface area contributed by atoms with Gasteiger partial charge in [0.1, 0.15) is 4.75 Å². The second kappa shape index (κ2) is 7.56. The van der Waals surface area contributed by atoms with Crippen LogP contribution in [0.1, 0.15) is 73.4 Å². The Morgan fingerprint density at radius 3 is 2.22 bits per heavy atom. The maximum absolute atomic E-state index is 12.7. The molecule has 27 heavy (non-hydrogen) atoms. The molecule has 1 unspecified atom stereocenters. The first-order valence-electron chi connectivity index (χ1n) is 9.44. The minimum atomic E-state index is -1.26. The fourth-order valence-electron chi connectivity index (χ4n) is 2.81. The molecular formula is C19H33BN2O4S. The molecule has 0 radical (unpaired) electrons. The third kappa shape index (κ3) is 4.62. The Labute approximate surface area is 166 Å². The maximum Gasteiger partial charge on any atom is 0.496 e. The Morgan fingerprint density at radius 2 is 1.78 bits per heavy atom. The SMILES string of the molecule is CC[C@H](N[S+]([O-])C(C)(C)C)c1cc(=O)n(C)cc1B1OC(C)(C)C(C)(C)O1. The number of rotatable bonds is 5. The largest absolute Gasteiger partial charge is 0.598 e. The van der Waals surface area contributed by atoms with E-state index in [1.165, 1.54) is 4.57 Å². The summed E-state index contributed by atoms with van der Waals surface area (Å²) >= 11 is -1.26. The third-order valence-corrected chi connectivity index (χ3v) is 7.00. The highest BCUT2D eigenvalue weighted by Crippen LogP contribution is 2.37. The molecule has 1 aliphatic rings. The van der Waals surface area contributed by atoms with Crippen molar-refractivity contribution in [2.24, 2.45) is 7.05 Å². The molecule has 1 aromatic rings. The first kappa shape index (κ1) is 22.5. The quantitative estimate of drug-likeness (QED) is 0.610. The molecule has 1 N–H and O–H groups in total. The predicted octanol–water partition coefficient (Wildman–Crippen LogP) is 2.19. The van der Waals surface area contributed by atoms with E-state index < -0.39 is 34.4 Å². The molecule has 6 nitrogen and oxygen atoms in total. The summed E-state index contributed by atoms with van der Waals surface area (Å²) in [5.74, 6) is 0. The van der Waals surface area contributed by atoms with Crippen molar-refractivity contribution in [3.63, 3.8) is 0 Å². The smallest absolute Gasteiger partial charge is 0.496 e. The molecule has 0 spiro atoms. The van der Waals surface area contributed by atoms with Crippen LogP contribution >= 0.6 is 0 Å². The highest BCUT2D eigenvalue weighted by Gasteiger charge is 2.52. The number of nitrogens with one attached hydrogen (secondary N) is 1. The fourth-order valence-corrected chi connectivity index (χ4v) is 3.71. The number of hydrogen-bond donors (Lipinski definition) is 1. The van der Waals surface area contributed by atoms with Gasteiger partial charge < -0.3 is 18.4 Å². The van der Waals surface area contributed by atoms with Crippen LogP contribution in [0.4, 0.5) is 0 Å². The van der Waals surface area contributed by atoms with Crippen molar-refractivity contribution < 1.29 is 13.9 Å². The van der Waals surface area contributed by atoms with Crippen molar-refractivity contribution in [3.8, 4) is 0 Å². The van der Waals surface area contributed by atoms with Crippen molar-refractivity contribution in [1.29, 1.82) is 0 Å². The van der Waals surface area contributed by atoms with Gasteiger partial charge >= 0.3 is 7.12 Å². The highest BCUT2D eigenvalue weighted by molar-refractivity contribution is 7.90. The van der Waals surface area contributed by atoms with Gasteiger partial charge in [0.15, 0.2) is 0 Å².